The Morgan fingerprint density at radius 1 is 1.17 bits per heavy atom. The molecule has 0 aromatic heterocycles. The number of phenolic OH excluding ortho intramolecular Hbond substituents is 1. The molecule has 0 spiro atoms. The minimum absolute atomic E-state index is 0.0266. The summed E-state index contributed by atoms with van der Waals surface area (Å²) in [6, 6.07) is 11.4. The van der Waals surface area contributed by atoms with Crippen LogP contribution in [0, 0.1) is 0 Å². The molecule has 2 aromatic carbocycles. The number of carbonyl (C=O) groups is 1. The molecule has 0 aliphatic carbocycles. The minimum atomic E-state index is -0.292. The Balaban J connectivity index is 2.16. The number of halogens is 2. The average Bonchev–Trinajstić information content (AvgIpc) is 2.35. The summed E-state index contributed by atoms with van der Waals surface area (Å²) in [6.07, 6.45) is 0. The fraction of sp³-hybridized carbons (Fsp3) is 0. The summed E-state index contributed by atoms with van der Waals surface area (Å²) in [4.78, 5) is 11.9. The van der Waals surface area contributed by atoms with E-state index in [2.05, 4.69) is 21.2 Å². The SMILES string of the molecule is O=C(Nc1ccc(Cl)cc1)c1ccc(Br)c(O)c1. The maximum atomic E-state index is 11.9. The summed E-state index contributed by atoms with van der Waals surface area (Å²) in [5.41, 5.74) is 1.03. The molecule has 0 radical (unpaired) electrons. The van der Waals surface area contributed by atoms with E-state index in [4.69, 9.17) is 11.6 Å². The van der Waals surface area contributed by atoms with Gasteiger partial charge in [0.1, 0.15) is 5.75 Å². The van der Waals surface area contributed by atoms with Crippen molar-refractivity contribution in [1.29, 1.82) is 0 Å². The van der Waals surface area contributed by atoms with Crippen molar-refractivity contribution in [3.63, 3.8) is 0 Å². The quantitative estimate of drug-likeness (QED) is 0.874. The Labute approximate surface area is 118 Å². The predicted molar refractivity (Wildman–Crippen MR) is 75.2 cm³/mol. The van der Waals surface area contributed by atoms with E-state index >= 15 is 0 Å². The summed E-state index contributed by atoms with van der Waals surface area (Å²) in [6.45, 7) is 0. The Morgan fingerprint density at radius 2 is 1.83 bits per heavy atom. The third-order valence-electron chi connectivity index (χ3n) is 2.31. The van der Waals surface area contributed by atoms with Gasteiger partial charge < -0.3 is 10.4 Å². The molecule has 18 heavy (non-hydrogen) atoms. The van der Waals surface area contributed by atoms with E-state index in [9.17, 15) is 9.90 Å². The van der Waals surface area contributed by atoms with Crippen LogP contribution in [-0.2, 0) is 0 Å². The lowest BCUT2D eigenvalue weighted by molar-refractivity contribution is 0.102. The van der Waals surface area contributed by atoms with Crippen LogP contribution in [0.4, 0.5) is 5.69 Å². The number of carbonyl (C=O) groups excluding carboxylic acids is 1. The first kappa shape index (κ1) is 12.9. The van der Waals surface area contributed by atoms with E-state index in [-0.39, 0.29) is 11.7 Å². The van der Waals surface area contributed by atoms with Crippen LogP contribution in [0.5, 0.6) is 5.75 Å². The molecule has 0 unspecified atom stereocenters. The lowest BCUT2D eigenvalue weighted by atomic mass is 10.2. The maximum Gasteiger partial charge on any atom is 0.255 e. The predicted octanol–water partition coefficient (Wildman–Crippen LogP) is 4.06. The van der Waals surface area contributed by atoms with Crippen molar-refractivity contribution in [3.05, 3.63) is 57.5 Å². The van der Waals surface area contributed by atoms with Crippen LogP contribution < -0.4 is 5.32 Å². The van der Waals surface area contributed by atoms with Crippen LogP contribution in [0.3, 0.4) is 0 Å². The monoisotopic (exact) mass is 325 g/mol. The van der Waals surface area contributed by atoms with Gasteiger partial charge in [0.25, 0.3) is 5.91 Å². The standard InChI is InChI=1S/C13H9BrClNO2/c14-11-6-1-8(7-12(11)17)13(18)16-10-4-2-9(15)3-5-10/h1-7,17H,(H,16,18). The van der Waals surface area contributed by atoms with Crippen LogP contribution >= 0.6 is 27.5 Å². The van der Waals surface area contributed by atoms with Crippen molar-refractivity contribution in [2.45, 2.75) is 0 Å². The zero-order chi connectivity index (χ0) is 13.1. The number of amides is 1. The van der Waals surface area contributed by atoms with Crippen LogP contribution in [0.25, 0.3) is 0 Å². The molecule has 1 amide bonds. The molecular formula is C13H9BrClNO2. The summed E-state index contributed by atoms with van der Waals surface area (Å²) in [5.74, 6) is -0.265. The number of rotatable bonds is 2. The van der Waals surface area contributed by atoms with Crippen LogP contribution in [-0.4, -0.2) is 11.0 Å². The third-order valence-corrected chi connectivity index (χ3v) is 3.23. The molecule has 0 aliphatic heterocycles. The fourth-order valence-electron chi connectivity index (χ4n) is 1.39. The average molecular weight is 327 g/mol. The second-order valence-corrected chi connectivity index (χ2v) is 4.92. The molecule has 92 valence electrons. The number of phenols is 1. The van der Waals surface area contributed by atoms with Gasteiger partial charge in [-0.15, -0.1) is 0 Å². The van der Waals surface area contributed by atoms with E-state index in [0.29, 0.717) is 20.7 Å². The van der Waals surface area contributed by atoms with E-state index in [1.807, 2.05) is 0 Å². The van der Waals surface area contributed by atoms with Gasteiger partial charge in [0.05, 0.1) is 4.47 Å². The molecule has 2 aromatic rings. The van der Waals surface area contributed by atoms with Crippen LogP contribution in [0.15, 0.2) is 46.9 Å². The maximum absolute atomic E-state index is 11.9. The molecule has 5 heteroatoms. The Morgan fingerprint density at radius 3 is 2.44 bits per heavy atom. The van der Waals surface area contributed by atoms with Crippen molar-refractivity contribution in [1.82, 2.24) is 0 Å². The largest absolute Gasteiger partial charge is 0.507 e. The van der Waals surface area contributed by atoms with Gasteiger partial charge in [0.15, 0.2) is 0 Å². The van der Waals surface area contributed by atoms with Gasteiger partial charge in [-0.05, 0) is 58.4 Å². The van der Waals surface area contributed by atoms with E-state index in [0.717, 1.165) is 0 Å². The molecule has 0 fully saturated rings. The van der Waals surface area contributed by atoms with Crippen molar-refractivity contribution in [3.8, 4) is 5.75 Å². The molecule has 0 saturated carbocycles. The van der Waals surface area contributed by atoms with Crippen molar-refractivity contribution in [2.75, 3.05) is 5.32 Å². The smallest absolute Gasteiger partial charge is 0.255 e. The molecule has 0 aliphatic rings. The first-order valence-electron chi connectivity index (χ1n) is 5.12. The summed E-state index contributed by atoms with van der Waals surface area (Å²) in [7, 11) is 0. The zero-order valence-electron chi connectivity index (χ0n) is 9.15. The van der Waals surface area contributed by atoms with Crippen LogP contribution in [0.1, 0.15) is 10.4 Å². The number of hydrogen-bond donors (Lipinski definition) is 2. The summed E-state index contributed by atoms with van der Waals surface area (Å²) >= 11 is 8.91. The normalized spacial score (nSPS) is 10.1. The second-order valence-electron chi connectivity index (χ2n) is 3.63. The van der Waals surface area contributed by atoms with Gasteiger partial charge in [-0.3, -0.25) is 4.79 Å². The lowest BCUT2D eigenvalue weighted by Gasteiger charge is -2.06. The molecule has 0 saturated heterocycles. The number of hydrogen-bond acceptors (Lipinski definition) is 2. The van der Waals surface area contributed by atoms with Gasteiger partial charge in [-0.2, -0.15) is 0 Å². The lowest BCUT2D eigenvalue weighted by Crippen LogP contribution is -2.11. The zero-order valence-corrected chi connectivity index (χ0v) is 11.5. The molecule has 0 bridgehead atoms. The Hall–Kier alpha value is -1.52. The molecule has 3 nitrogen and oxygen atoms in total. The van der Waals surface area contributed by atoms with Gasteiger partial charge in [0, 0.05) is 16.3 Å². The Bertz CT molecular complexity index is 584. The summed E-state index contributed by atoms with van der Waals surface area (Å²) < 4.78 is 0.547. The summed E-state index contributed by atoms with van der Waals surface area (Å²) in [5, 5.41) is 12.8. The Kier molecular flexibility index (Phi) is 3.89. The van der Waals surface area contributed by atoms with Crippen LogP contribution in [0.2, 0.25) is 5.02 Å². The second kappa shape index (κ2) is 5.42. The molecule has 2 rings (SSSR count). The molecule has 0 heterocycles. The molecular weight excluding hydrogens is 318 g/mol. The highest BCUT2D eigenvalue weighted by atomic mass is 79.9. The number of anilines is 1. The highest BCUT2D eigenvalue weighted by molar-refractivity contribution is 9.10. The highest BCUT2D eigenvalue weighted by Crippen LogP contribution is 2.24. The van der Waals surface area contributed by atoms with Crippen molar-refractivity contribution < 1.29 is 9.90 Å². The fourth-order valence-corrected chi connectivity index (χ4v) is 1.76. The first-order chi connectivity index (χ1) is 8.56. The first-order valence-corrected chi connectivity index (χ1v) is 6.29. The number of benzene rings is 2. The molecule has 0 atom stereocenters. The van der Waals surface area contributed by atoms with Gasteiger partial charge >= 0.3 is 0 Å². The van der Waals surface area contributed by atoms with E-state index in [1.165, 1.54) is 6.07 Å². The van der Waals surface area contributed by atoms with E-state index in [1.54, 1.807) is 36.4 Å². The minimum Gasteiger partial charge on any atom is -0.507 e. The number of aromatic hydroxyl groups is 1. The third kappa shape index (κ3) is 3.03. The van der Waals surface area contributed by atoms with Gasteiger partial charge in [0.2, 0.25) is 0 Å². The van der Waals surface area contributed by atoms with Gasteiger partial charge in [-0.25, -0.2) is 0 Å². The van der Waals surface area contributed by atoms with Gasteiger partial charge in [-0.1, -0.05) is 11.6 Å². The molecule has 2 N–H and O–H groups in total. The van der Waals surface area contributed by atoms with E-state index < -0.39 is 0 Å². The van der Waals surface area contributed by atoms with Crippen molar-refractivity contribution in [2.24, 2.45) is 0 Å². The number of nitrogens with one attached hydrogen (secondary N) is 1. The highest BCUT2D eigenvalue weighted by Gasteiger charge is 2.08. The topological polar surface area (TPSA) is 49.3 Å². The van der Waals surface area contributed by atoms with Crippen molar-refractivity contribution >= 4 is 39.1 Å².